The highest BCUT2D eigenvalue weighted by atomic mass is 16.5. The van der Waals surface area contributed by atoms with Gasteiger partial charge in [0, 0.05) is 76.5 Å². The molecule has 0 bridgehead atoms. The number of carbonyl (C=O) groups excluding carboxylic acids is 1. The van der Waals surface area contributed by atoms with Crippen molar-refractivity contribution in [2.45, 2.75) is 19.6 Å². The summed E-state index contributed by atoms with van der Waals surface area (Å²) in [6.45, 7) is 8.39. The number of hydrogen-bond acceptors (Lipinski definition) is 7. The zero-order valence-corrected chi connectivity index (χ0v) is 22.5. The van der Waals surface area contributed by atoms with Crippen LogP contribution in [0.5, 0.6) is 5.75 Å². The highest BCUT2D eigenvalue weighted by molar-refractivity contribution is 5.78. The molecule has 38 heavy (non-hydrogen) atoms. The molecule has 2 fully saturated rings. The Kier molecular flexibility index (Phi) is 8.41. The Morgan fingerprint density at radius 3 is 2.47 bits per heavy atom. The number of methoxy groups -OCH3 is 1. The zero-order chi connectivity index (χ0) is 26.3. The summed E-state index contributed by atoms with van der Waals surface area (Å²) in [7, 11) is 3.89. The summed E-state index contributed by atoms with van der Waals surface area (Å²) < 4.78 is 5.49. The van der Waals surface area contributed by atoms with Crippen LogP contribution in [-0.4, -0.2) is 80.7 Å². The molecule has 0 aliphatic carbocycles. The minimum atomic E-state index is 0.0762. The van der Waals surface area contributed by atoms with Crippen LogP contribution in [-0.2, 0) is 24.4 Å². The number of anilines is 2. The molecule has 8 heteroatoms. The molecule has 0 saturated carbocycles. The van der Waals surface area contributed by atoms with E-state index in [1.54, 1.807) is 7.11 Å². The molecule has 200 valence electrons. The highest BCUT2D eigenvalue weighted by Gasteiger charge is 2.18. The van der Waals surface area contributed by atoms with Crippen LogP contribution in [0.15, 0.2) is 66.9 Å². The van der Waals surface area contributed by atoms with Crippen molar-refractivity contribution in [3.8, 4) is 5.75 Å². The van der Waals surface area contributed by atoms with Crippen LogP contribution < -0.4 is 19.9 Å². The summed E-state index contributed by atoms with van der Waals surface area (Å²) in [5.41, 5.74) is 5.83. The first-order valence-electron chi connectivity index (χ1n) is 13.4. The van der Waals surface area contributed by atoms with E-state index in [1.807, 2.05) is 18.3 Å². The number of nitrogens with one attached hydrogen (secondary N) is 1. The van der Waals surface area contributed by atoms with Gasteiger partial charge in [-0.05, 0) is 54.6 Å². The smallest absolute Gasteiger partial charge is 0.234 e. The molecule has 0 spiro atoms. The average Bonchev–Trinajstić information content (AvgIpc) is 2.93. The molecule has 1 N–H and O–H groups in total. The molecular formula is C30H38N6O2. The Bertz CT molecular complexity index is 1230. The first-order valence-corrected chi connectivity index (χ1v) is 13.4. The third kappa shape index (κ3) is 6.82. The first-order chi connectivity index (χ1) is 18.6. The van der Waals surface area contributed by atoms with E-state index in [4.69, 9.17) is 4.74 Å². The van der Waals surface area contributed by atoms with Gasteiger partial charge < -0.3 is 24.8 Å². The number of nitrogens with zero attached hydrogens (tertiary/aromatic N) is 5. The molecular weight excluding hydrogens is 476 g/mol. The van der Waals surface area contributed by atoms with Gasteiger partial charge in [-0.15, -0.1) is 0 Å². The van der Waals surface area contributed by atoms with Gasteiger partial charge in [0.25, 0.3) is 0 Å². The molecule has 2 aliphatic heterocycles. The third-order valence-corrected chi connectivity index (χ3v) is 7.33. The lowest BCUT2D eigenvalue weighted by Crippen LogP contribution is -2.47. The van der Waals surface area contributed by atoms with E-state index >= 15 is 0 Å². The lowest BCUT2D eigenvalue weighted by atomic mass is 10.1. The summed E-state index contributed by atoms with van der Waals surface area (Å²) in [5, 5.41) is 2.90. The summed E-state index contributed by atoms with van der Waals surface area (Å²) in [4.78, 5) is 25.9. The molecule has 0 unspecified atom stereocenters. The second-order valence-electron chi connectivity index (χ2n) is 10.2. The van der Waals surface area contributed by atoms with Gasteiger partial charge in [-0.3, -0.25) is 14.7 Å². The lowest BCUT2D eigenvalue weighted by molar-refractivity contribution is -0.124. The first kappa shape index (κ1) is 26.0. The van der Waals surface area contributed by atoms with Gasteiger partial charge >= 0.3 is 0 Å². The second-order valence-corrected chi connectivity index (χ2v) is 10.2. The van der Waals surface area contributed by atoms with Gasteiger partial charge in [-0.2, -0.15) is 0 Å². The Morgan fingerprint density at radius 1 is 0.947 bits per heavy atom. The molecule has 3 heterocycles. The Balaban J connectivity index is 1.38. The quantitative estimate of drug-likeness (QED) is 0.471. The van der Waals surface area contributed by atoms with E-state index in [-0.39, 0.29) is 5.91 Å². The molecule has 3 aromatic rings. The molecule has 2 saturated heterocycles. The zero-order valence-electron chi connectivity index (χ0n) is 22.5. The average molecular weight is 515 g/mol. The fourth-order valence-corrected chi connectivity index (χ4v) is 5.17. The number of amides is 1. The summed E-state index contributed by atoms with van der Waals surface area (Å²) >= 11 is 0. The number of piperazine rings is 2. The Morgan fingerprint density at radius 2 is 1.71 bits per heavy atom. The molecule has 1 aromatic heterocycles. The van der Waals surface area contributed by atoms with Crippen LogP contribution in [0.4, 0.5) is 11.4 Å². The van der Waals surface area contributed by atoms with Crippen LogP contribution in [0, 0.1) is 0 Å². The topological polar surface area (TPSA) is 64.2 Å². The van der Waals surface area contributed by atoms with Crippen molar-refractivity contribution in [1.29, 1.82) is 0 Å². The number of ether oxygens (including phenoxy) is 1. The Hall–Kier alpha value is -3.62. The minimum absolute atomic E-state index is 0.0762. The molecule has 0 radical (unpaired) electrons. The fraction of sp³-hybridized carbons (Fsp3) is 0.400. The monoisotopic (exact) mass is 514 g/mol. The van der Waals surface area contributed by atoms with Crippen molar-refractivity contribution in [2.24, 2.45) is 0 Å². The van der Waals surface area contributed by atoms with E-state index < -0.39 is 0 Å². The number of hydrogen-bond donors (Lipinski definition) is 1. The maximum atomic E-state index is 11.9. The van der Waals surface area contributed by atoms with Crippen molar-refractivity contribution in [3.05, 3.63) is 83.7 Å². The van der Waals surface area contributed by atoms with Crippen molar-refractivity contribution < 1.29 is 9.53 Å². The van der Waals surface area contributed by atoms with Crippen molar-refractivity contribution in [2.75, 3.05) is 69.8 Å². The number of likely N-dealkylation sites (N-methyl/N-ethyl adjacent to an activating group) is 1. The van der Waals surface area contributed by atoms with Gasteiger partial charge in [0.15, 0.2) is 0 Å². The molecule has 0 atom stereocenters. The van der Waals surface area contributed by atoms with Crippen molar-refractivity contribution in [3.63, 3.8) is 0 Å². The number of carbonyl (C=O) groups is 1. The van der Waals surface area contributed by atoms with E-state index in [0.29, 0.717) is 19.6 Å². The van der Waals surface area contributed by atoms with Gasteiger partial charge in [0.1, 0.15) is 5.75 Å². The van der Waals surface area contributed by atoms with Gasteiger partial charge in [0.2, 0.25) is 5.91 Å². The standard InChI is InChI=1S/C30H38N6O2/c1-33-13-15-35(16-14-33)27-7-3-5-24(17-27)20-36(21-25-6-4-8-29(18-25)38-2)28-9-10-31-26(19-28)22-34-12-11-32-30(37)23-34/h3-10,17-19H,11-16,20-23H2,1-2H3,(H,32,37). The van der Waals surface area contributed by atoms with Crippen LogP contribution in [0.25, 0.3) is 0 Å². The summed E-state index contributed by atoms with van der Waals surface area (Å²) in [6, 6.07) is 21.4. The molecule has 2 aliphatic rings. The maximum absolute atomic E-state index is 11.9. The summed E-state index contributed by atoms with van der Waals surface area (Å²) in [6.07, 6.45) is 1.88. The van der Waals surface area contributed by atoms with E-state index in [0.717, 1.165) is 62.9 Å². The van der Waals surface area contributed by atoms with Crippen LogP contribution in [0.2, 0.25) is 0 Å². The number of rotatable bonds is 9. The second kappa shape index (κ2) is 12.3. The fourth-order valence-electron chi connectivity index (χ4n) is 5.17. The highest BCUT2D eigenvalue weighted by Crippen LogP contribution is 2.25. The van der Waals surface area contributed by atoms with Crippen LogP contribution in [0.1, 0.15) is 16.8 Å². The van der Waals surface area contributed by atoms with Gasteiger partial charge in [-0.25, -0.2) is 0 Å². The predicted molar refractivity (Wildman–Crippen MR) is 152 cm³/mol. The van der Waals surface area contributed by atoms with E-state index in [9.17, 15) is 4.79 Å². The van der Waals surface area contributed by atoms with E-state index in [1.165, 1.54) is 16.8 Å². The van der Waals surface area contributed by atoms with Crippen molar-refractivity contribution in [1.82, 2.24) is 20.1 Å². The lowest BCUT2D eigenvalue weighted by Gasteiger charge is -2.34. The minimum Gasteiger partial charge on any atom is -0.497 e. The SMILES string of the molecule is COc1cccc(CN(Cc2cccc(N3CCN(C)CC3)c2)c2ccnc(CN3CCNC(=O)C3)c2)c1. The molecule has 2 aromatic carbocycles. The van der Waals surface area contributed by atoms with Crippen molar-refractivity contribution >= 4 is 17.3 Å². The predicted octanol–water partition coefficient (Wildman–Crippen LogP) is 2.98. The molecule has 1 amide bonds. The Labute approximate surface area is 225 Å². The largest absolute Gasteiger partial charge is 0.497 e. The molecule has 5 rings (SSSR count). The van der Waals surface area contributed by atoms with E-state index in [2.05, 4.69) is 85.5 Å². The maximum Gasteiger partial charge on any atom is 0.234 e. The van der Waals surface area contributed by atoms with Gasteiger partial charge in [0.05, 0.1) is 19.3 Å². The number of pyridine rings is 1. The third-order valence-electron chi connectivity index (χ3n) is 7.33. The van der Waals surface area contributed by atoms with Gasteiger partial charge in [-0.1, -0.05) is 24.3 Å². The number of benzene rings is 2. The number of aromatic nitrogens is 1. The normalized spacial score (nSPS) is 16.8. The summed E-state index contributed by atoms with van der Waals surface area (Å²) in [5.74, 6) is 0.936. The van der Waals surface area contributed by atoms with Crippen LogP contribution in [0.3, 0.4) is 0 Å². The molecule has 8 nitrogen and oxygen atoms in total. The van der Waals surface area contributed by atoms with Crippen LogP contribution >= 0.6 is 0 Å².